The monoisotopic (exact) mass is 303 g/mol. The largest absolute Gasteiger partial charge is 0.493 e. The maximum atomic E-state index is 12.6. The molecule has 0 radical (unpaired) electrons. The molecule has 5 nitrogen and oxygen atoms in total. The number of methoxy groups -OCH3 is 1. The van der Waals surface area contributed by atoms with Crippen molar-refractivity contribution in [1.82, 2.24) is 4.90 Å². The molecule has 0 saturated carbocycles. The van der Waals surface area contributed by atoms with Crippen LogP contribution in [0.1, 0.15) is 30.3 Å². The lowest BCUT2D eigenvalue weighted by Gasteiger charge is -2.33. The molecular formula is C17H21NO4. The van der Waals surface area contributed by atoms with Crippen molar-refractivity contribution in [3.63, 3.8) is 0 Å². The molecule has 1 N–H and O–H groups in total. The number of amides is 1. The van der Waals surface area contributed by atoms with E-state index in [0.717, 1.165) is 18.2 Å². The number of aliphatic hydroxyl groups excluding tert-OH is 1. The first-order valence-corrected chi connectivity index (χ1v) is 7.64. The standard InChI is InChI=1S/C17H21NO4/c1-11(19)13-6-4-8-18(10-13)17(20)15-9-12-5-3-7-14(21-2)16(12)22-15/h3,5,7,9,11,13,19H,4,6,8,10H2,1-2H3. The summed E-state index contributed by atoms with van der Waals surface area (Å²) in [5.74, 6) is 0.961. The minimum atomic E-state index is -0.397. The topological polar surface area (TPSA) is 62.9 Å². The molecule has 0 bridgehead atoms. The number of aliphatic hydroxyl groups is 1. The van der Waals surface area contributed by atoms with Crippen LogP contribution >= 0.6 is 0 Å². The van der Waals surface area contributed by atoms with Crippen LogP contribution in [0.4, 0.5) is 0 Å². The van der Waals surface area contributed by atoms with Gasteiger partial charge in [0.25, 0.3) is 5.91 Å². The Kier molecular flexibility index (Phi) is 4.07. The van der Waals surface area contributed by atoms with E-state index in [1.165, 1.54) is 0 Å². The highest BCUT2D eigenvalue weighted by atomic mass is 16.5. The Morgan fingerprint density at radius 1 is 1.50 bits per heavy atom. The van der Waals surface area contributed by atoms with Gasteiger partial charge in [-0.15, -0.1) is 0 Å². The first-order chi connectivity index (χ1) is 10.6. The van der Waals surface area contributed by atoms with Crippen LogP contribution in [-0.2, 0) is 0 Å². The van der Waals surface area contributed by atoms with Gasteiger partial charge in [-0.2, -0.15) is 0 Å². The average molecular weight is 303 g/mol. The highest BCUT2D eigenvalue weighted by molar-refractivity contribution is 5.97. The highest BCUT2D eigenvalue weighted by Gasteiger charge is 2.28. The summed E-state index contributed by atoms with van der Waals surface area (Å²) in [5, 5.41) is 10.6. The zero-order valence-corrected chi connectivity index (χ0v) is 12.9. The Balaban J connectivity index is 1.86. The van der Waals surface area contributed by atoms with Crippen molar-refractivity contribution in [3.05, 3.63) is 30.0 Å². The van der Waals surface area contributed by atoms with E-state index < -0.39 is 6.10 Å². The number of hydrogen-bond donors (Lipinski definition) is 1. The number of likely N-dealkylation sites (tertiary alicyclic amines) is 1. The maximum absolute atomic E-state index is 12.6. The second-order valence-electron chi connectivity index (χ2n) is 5.88. The van der Waals surface area contributed by atoms with Crippen LogP contribution in [-0.4, -0.2) is 42.2 Å². The number of fused-ring (bicyclic) bond motifs is 1. The Labute approximate surface area is 129 Å². The first-order valence-electron chi connectivity index (χ1n) is 7.64. The molecule has 1 saturated heterocycles. The summed E-state index contributed by atoms with van der Waals surface area (Å²) in [7, 11) is 1.58. The number of nitrogens with zero attached hydrogens (tertiary/aromatic N) is 1. The summed E-state index contributed by atoms with van der Waals surface area (Å²) in [5.41, 5.74) is 0.595. The molecule has 2 atom stereocenters. The fourth-order valence-corrected chi connectivity index (χ4v) is 3.05. The molecule has 2 aromatic rings. The number of carbonyl (C=O) groups excluding carboxylic acids is 1. The van der Waals surface area contributed by atoms with Crippen molar-refractivity contribution in [1.29, 1.82) is 0 Å². The fraction of sp³-hybridized carbons (Fsp3) is 0.471. The van der Waals surface area contributed by atoms with Gasteiger partial charge in [-0.05, 0) is 31.9 Å². The van der Waals surface area contributed by atoms with Gasteiger partial charge in [-0.1, -0.05) is 12.1 Å². The van der Waals surface area contributed by atoms with E-state index in [-0.39, 0.29) is 11.8 Å². The number of piperidine rings is 1. The average Bonchev–Trinajstić information content (AvgIpc) is 2.98. The van der Waals surface area contributed by atoms with Gasteiger partial charge in [-0.3, -0.25) is 4.79 Å². The fourth-order valence-electron chi connectivity index (χ4n) is 3.05. The maximum Gasteiger partial charge on any atom is 0.289 e. The van der Waals surface area contributed by atoms with Gasteiger partial charge >= 0.3 is 0 Å². The number of benzene rings is 1. The molecule has 1 aromatic heterocycles. The Morgan fingerprint density at radius 2 is 2.32 bits per heavy atom. The van der Waals surface area contributed by atoms with Crippen LogP contribution in [0.25, 0.3) is 11.0 Å². The van der Waals surface area contributed by atoms with Crippen molar-refractivity contribution >= 4 is 16.9 Å². The van der Waals surface area contributed by atoms with Gasteiger partial charge < -0.3 is 19.2 Å². The molecule has 5 heteroatoms. The summed E-state index contributed by atoms with van der Waals surface area (Å²) in [6.07, 6.45) is 1.46. The molecule has 22 heavy (non-hydrogen) atoms. The minimum Gasteiger partial charge on any atom is -0.493 e. The van der Waals surface area contributed by atoms with E-state index in [2.05, 4.69) is 0 Å². The van der Waals surface area contributed by atoms with Crippen LogP contribution in [0.5, 0.6) is 5.75 Å². The lowest BCUT2D eigenvalue weighted by molar-refractivity contribution is 0.0444. The molecule has 1 aromatic carbocycles. The molecule has 118 valence electrons. The number of para-hydroxylation sites is 1. The number of ether oxygens (including phenoxy) is 1. The van der Waals surface area contributed by atoms with Crippen molar-refractivity contribution in [2.24, 2.45) is 5.92 Å². The molecule has 0 aliphatic carbocycles. The van der Waals surface area contributed by atoms with Crippen LogP contribution < -0.4 is 4.74 Å². The summed E-state index contributed by atoms with van der Waals surface area (Å²) in [6, 6.07) is 7.33. The number of hydrogen-bond acceptors (Lipinski definition) is 4. The summed E-state index contributed by atoms with van der Waals surface area (Å²) >= 11 is 0. The summed E-state index contributed by atoms with van der Waals surface area (Å²) in [4.78, 5) is 14.4. The zero-order valence-electron chi connectivity index (χ0n) is 12.9. The predicted octanol–water partition coefficient (Wildman–Crippen LogP) is 2.67. The molecule has 1 amide bonds. The van der Waals surface area contributed by atoms with Crippen LogP contribution in [0.3, 0.4) is 0 Å². The van der Waals surface area contributed by atoms with Gasteiger partial charge in [0.1, 0.15) is 0 Å². The molecular weight excluding hydrogens is 282 g/mol. The second kappa shape index (κ2) is 6.01. The summed E-state index contributed by atoms with van der Waals surface area (Å²) < 4.78 is 11.0. The predicted molar refractivity (Wildman–Crippen MR) is 83.1 cm³/mol. The summed E-state index contributed by atoms with van der Waals surface area (Å²) in [6.45, 7) is 3.06. The molecule has 1 aliphatic heterocycles. The third-order valence-electron chi connectivity index (χ3n) is 4.37. The Bertz CT molecular complexity index is 676. The lowest BCUT2D eigenvalue weighted by atomic mass is 9.93. The Morgan fingerprint density at radius 3 is 3.05 bits per heavy atom. The van der Waals surface area contributed by atoms with E-state index in [1.807, 2.05) is 18.2 Å². The van der Waals surface area contributed by atoms with Gasteiger partial charge in [-0.25, -0.2) is 0 Å². The van der Waals surface area contributed by atoms with Gasteiger partial charge in [0.05, 0.1) is 13.2 Å². The molecule has 2 heterocycles. The second-order valence-corrected chi connectivity index (χ2v) is 5.88. The van der Waals surface area contributed by atoms with E-state index in [0.29, 0.717) is 30.2 Å². The van der Waals surface area contributed by atoms with E-state index in [9.17, 15) is 9.90 Å². The van der Waals surface area contributed by atoms with Crippen molar-refractivity contribution in [3.8, 4) is 5.75 Å². The molecule has 1 fully saturated rings. The smallest absolute Gasteiger partial charge is 0.289 e. The molecule has 3 rings (SSSR count). The van der Waals surface area contributed by atoms with Gasteiger partial charge in [0, 0.05) is 24.4 Å². The van der Waals surface area contributed by atoms with Crippen molar-refractivity contribution in [2.45, 2.75) is 25.9 Å². The minimum absolute atomic E-state index is 0.122. The third-order valence-corrected chi connectivity index (χ3v) is 4.37. The van der Waals surface area contributed by atoms with Crippen molar-refractivity contribution in [2.75, 3.05) is 20.2 Å². The number of furan rings is 1. The number of carbonyl (C=O) groups is 1. The van der Waals surface area contributed by atoms with Crippen molar-refractivity contribution < 1.29 is 19.1 Å². The Hall–Kier alpha value is -2.01. The third kappa shape index (κ3) is 2.68. The number of rotatable bonds is 3. The zero-order chi connectivity index (χ0) is 15.7. The lowest BCUT2D eigenvalue weighted by Crippen LogP contribution is -2.42. The van der Waals surface area contributed by atoms with Crippen LogP contribution in [0, 0.1) is 5.92 Å². The molecule has 0 spiro atoms. The van der Waals surface area contributed by atoms with Gasteiger partial charge in [0.15, 0.2) is 17.1 Å². The molecule has 2 unspecified atom stereocenters. The van der Waals surface area contributed by atoms with E-state index >= 15 is 0 Å². The van der Waals surface area contributed by atoms with Gasteiger partial charge in [0.2, 0.25) is 0 Å². The van der Waals surface area contributed by atoms with Crippen LogP contribution in [0.15, 0.2) is 28.7 Å². The normalized spacial score (nSPS) is 20.1. The van der Waals surface area contributed by atoms with Crippen LogP contribution in [0.2, 0.25) is 0 Å². The first kappa shape index (κ1) is 14.9. The highest BCUT2D eigenvalue weighted by Crippen LogP contribution is 2.30. The SMILES string of the molecule is COc1cccc2cc(C(=O)N3CCCC(C(C)O)C3)oc12. The van der Waals surface area contributed by atoms with E-state index in [4.69, 9.17) is 9.15 Å². The molecule has 1 aliphatic rings. The quantitative estimate of drug-likeness (QED) is 0.947. The van der Waals surface area contributed by atoms with E-state index in [1.54, 1.807) is 25.0 Å².